The first-order chi connectivity index (χ1) is 8.83. The molecular weight excluding hydrogens is 258 g/mol. The van der Waals surface area contributed by atoms with Gasteiger partial charge in [0.2, 0.25) is 5.91 Å². The van der Waals surface area contributed by atoms with Gasteiger partial charge in [-0.3, -0.25) is 4.79 Å². The first-order valence-corrected chi connectivity index (χ1v) is 7.27. The number of rotatable bonds is 5. The first kappa shape index (κ1) is 16.0. The SMILES string of the molecule is CCCCN(C(=O)CC(C)(C)C)c1cccc(Cl)c1. The van der Waals surface area contributed by atoms with Gasteiger partial charge in [-0.25, -0.2) is 0 Å². The quantitative estimate of drug-likeness (QED) is 0.751. The van der Waals surface area contributed by atoms with Crippen LogP contribution in [0.2, 0.25) is 5.02 Å². The molecule has 19 heavy (non-hydrogen) atoms. The average Bonchev–Trinajstić information content (AvgIpc) is 2.27. The molecule has 1 amide bonds. The van der Waals surface area contributed by atoms with Gasteiger partial charge in [0.05, 0.1) is 0 Å². The third-order valence-electron chi connectivity index (χ3n) is 2.84. The van der Waals surface area contributed by atoms with Gasteiger partial charge in [0.1, 0.15) is 0 Å². The molecule has 3 heteroatoms. The van der Waals surface area contributed by atoms with Crippen molar-refractivity contribution in [2.45, 2.75) is 47.0 Å². The molecule has 0 atom stereocenters. The van der Waals surface area contributed by atoms with Crippen LogP contribution in [0.4, 0.5) is 5.69 Å². The van der Waals surface area contributed by atoms with Crippen molar-refractivity contribution in [1.82, 2.24) is 0 Å². The summed E-state index contributed by atoms with van der Waals surface area (Å²) in [5, 5.41) is 0.669. The van der Waals surface area contributed by atoms with E-state index in [-0.39, 0.29) is 11.3 Å². The number of anilines is 1. The van der Waals surface area contributed by atoms with E-state index in [2.05, 4.69) is 27.7 Å². The van der Waals surface area contributed by atoms with E-state index in [9.17, 15) is 4.79 Å². The third-order valence-corrected chi connectivity index (χ3v) is 3.07. The van der Waals surface area contributed by atoms with Crippen LogP contribution in [0, 0.1) is 5.41 Å². The van der Waals surface area contributed by atoms with E-state index in [1.165, 1.54) is 0 Å². The van der Waals surface area contributed by atoms with E-state index in [4.69, 9.17) is 11.6 Å². The van der Waals surface area contributed by atoms with Crippen LogP contribution in [0.1, 0.15) is 47.0 Å². The molecule has 0 fully saturated rings. The predicted molar refractivity (Wildman–Crippen MR) is 82.8 cm³/mol. The molecule has 1 aromatic rings. The van der Waals surface area contributed by atoms with E-state index in [1.54, 1.807) is 0 Å². The Morgan fingerprint density at radius 2 is 2.00 bits per heavy atom. The van der Waals surface area contributed by atoms with Crippen molar-refractivity contribution in [3.05, 3.63) is 29.3 Å². The monoisotopic (exact) mass is 281 g/mol. The summed E-state index contributed by atoms with van der Waals surface area (Å²) in [5.41, 5.74) is 0.898. The number of hydrogen-bond acceptors (Lipinski definition) is 1. The smallest absolute Gasteiger partial charge is 0.227 e. The van der Waals surface area contributed by atoms with Crippen molar-refractivity contribution < 1.29 is 4.79 Å². The number of unbranched alkanes of at least 4 members (excludes halogenated alkanes) is 1. The second kappa shape index (κ2) is 6.95. The summed E-state index contributed by atoms with van der Waals surface area (Å²) in [6.45, 7) is 9.14. The third kappa shape index (κ3) is 5.65. The number of benzene rings is 1. The summed E-state index contributed by atoms with van der Waals surface area (Å²) in [7, 11) is 0. The van der Waals surface area contributed by atoms with Gasteiger partial charge in [-0.15, -0.1) is 0 Å². The molecule has 0 saturated carbocycles. The van der Waals surface area contributed by atoms with E-state index in [1.807, 2.05) is 29.2 Å². The molecule has 0 aromatic heterocycles. The fourth-order valence-corrected chi connectivity index (χ4v) is 2.09. The molecule has 1 aromatic carbocycles. The van der Waals surface area contributed by atoms with Crippen LogP contribution in [-0.4, -0.2) is 12.5 Å². The highest BCUT2D eigenvalue weighted by molar-refractivity contribution is 6.30. The molecule has 0 radical (unpaired) electrons. The van der Waals surface area contributed by atoms with Gasteiger partial charge < -0.3 is 4.90 Å². The van der Waals surface area contributed by atoms with Gasteiger partial charge in [-0.1, -0.05) is 51.8 Å². The Morgan fingerprint density at radius 3 is 2.53 bits per heavy atom. The molecular formula is C16H24ClNO. The Bertz CT molecular complexity index is 423. The van der Waals surface area contributed by atoms with Gasteiger partial charge >= 0.3 is 0 Å². The highest BCUT2D eigenvalue weighted by Gasteiger charge is 2.22. The zero-order valence-electron chi connectivity index (χ0n) is 12.4. The number of nitrogens with zero attached hydrogens (tertiary/aromatic N) is 1. The highest BCUT2D eigenvalue weighted by atomic mass is 35.5. The van der Waals surface area contributed by atoms with E-state index in [0.717, 1.165) is 25.1 Å². The highest BCUT2D eigenvalue weighted by Crippen LogP contribution is 2.25. The Balaban J connectivity index is 2.91. The molecule has 0 saturated heterocycles. The van der Waals surface area contributed by atoms with E-state index >= 15 is 0 Å². The van der Waals surface area contributed by atoms with Crippen molar-refractivity contribution in [2.24, 2.45) is 5.41 Å². The maximum atomic E-state index is 12.5. The molecule has 2 nitrogen and oxygen atoms in total. The number of hydrogen-bond donors (Lipinski definition) is 0. The van der Waals surface area contributed by atoms with Gasteiger partial charge in [0.15, 0.2) is 0 Å². The minimum Gasteiger partial charge on any atom is -0.312 e. The molecule has 0 bridgehead atoms. The molecule has 0 aliphatic heterocycles. The van der Waals surface area contributed by atoms with Crippen LogP contribution in [0.3, 0.4) is 0 Å². The zero-order valence-corrected chi connectivity index (χ0v) is 13.1. The molecule has 0 aliphatic carbocycles. The lowest BCUT2D eigenvalue weighted by Crippen LogP contribution is -2.34. The van der Waals surface area contributed by atoms with Crippen LogP contribution in [0.25, 0.3) is 0 Å². The van der Waals surface area contributed by atoms with Crippen molar-refractivity contribution in [3.8, 4) is 0 Å². The predicted octanol–water partition coefficient (Wildman–Crippen LogP) is 4.91. The van der Waals surface area contributed by atoms with Crippen LogP contribution >= 0.6 is 11.6 Å². The minimum atomic E-state index is 0.000122. The molecule has 1 rings (SSSR count). The van der Waals surface area contributed by atoms with E-state index in [0.29, 0.717) is 11.4 Å². The molecule has 0 N–H and O–H groups in total. The topological polar surface area (TPSA) is 20.3 Å². The summed E-state index contributed by atoms with van der Waals surface area (Å²) in [4.78, 5) is 14.3. The van der Waals surface area contributed by atoms with E-state index < -0.39 is 0 Å². The Morgan fingerprint density at radius 1 is 1.32 bits per heavy atom. The maximum absolute atomic E-state index is 12.5. The van der Waals surface area contributed by atoms with Gasteiger partial charge in [0.25, 0.3) is 0 Å². The number of carbonyl (C=O) groups is 1. The lowest BCUT2D eigenvalue weighted by molar-refractivity contribution is -0.120. The molecule has 0 spiro atoms. The summed E-state index contributed by atoms with van der Waals surface area (Å²) >= 11 is 6.02. The Labute approximate surface area is 121 Å². The summed E-state index contributed by atoms with van der Waals surface area (Å²) < 4.78 is 0. The summed E-state index contributed by atoms with van der Waals surface area (Å²) in [5.74, 6) is 0.170. The van der Waals surface area contributed by atoms with Crippen molar-refractivity contribution in [3.63, 3.8) is 0 Å². The van der Waals surface area contributed by atoms with Gasteiger partial charge in [0, 0.05) is 23.7 Å². The Kier molecular flexibility index (Phi) is 5.86. The normalized spacial score (nSPS) is 11.4. The summed E-state index contributed by atoms with van der Waals surface area (Å²) in [6, 6.07) is 7.53. The molecule has 0 heterocycles. The molecule has 0 unspecified atom stereocenters. The lowest BCUT2D eigenvalue weighted by atomic mass is 9.91. The van der Waals surface area contributed by atoms with Crippen LogP contribution < -0.4 is 4.90 Å². The van der Waals surface area contributed by atoms with Crippen molar-refractivity contribution in [2.75, 3.05) is 11.4 Å². The average molecular weight is 282 g/mol. The Hall–Kier alpha value is -1.02. The second-order valence-corrected chi connectivity index (χ2v) is 6.55. The van der Waals surface area contributed by atoms with Crippen LogP contribution in [0.5, 0.6) is 0 Å². The first-order valence-electron chi connectivity index (χ1n) is 6.89. The minimum absolute atomic E-state index is 0.000122. The fraction of sp³-hybridized carbons (Fsp3) is 0.562. The number of carbonyl (C=O) groups excluding carboxylic acids is 1. The van der Waals surface area contributed by atoms with Crippen molar-refractivity contribution in [1.29, 1.82) is 0 Å². The fourth-order valence-electron chi connectivity index (χ4n) is 1.91. The summed E-state index contributed by atoms with van der Waals surface area (Å²) in [6.07, 6.45) is 2.62. The van der Waals surface area contributed by atoms with Crippen LogP contribution in [-0.2, 0) is 4.79 Å². The van der Waals surface area contributed by atoms with Gasteiger partial charge in [-0.05, 0) is 30.0 Å². The standard InChI is InChI=1S/C16H24ClNO/c1-5-6-10-18(15(19)12-16(2,3)4)14-9-7-8-13(17)11-14/h7-9,11H,5-6,10,12H2,1-4H3. The van der Waals surface area contributed by atoms with Crippen molar-refractivity contribution >= 4 is 23.2 Å². The zero-order chi connectivity index (χ0) is 14.5. The largest absolute Gasteiger partial charge is 0.312 e. The number of halogens is 1. The second-order valence-electron chi connectivity index (χ2n) is 6.12. The lowest BCUT2D eigenvalue weighted by Gasteiger charge is -2.27. The number of amides is 1. The molecule has 0 aliphatic rings. The molecule has 106 valence electrons. The van der Waals surface area contributed by atoms with Gasteiger partial charge in [-0.2, -0.15) is 0 Å². The maximum Gasteiger partial charge on any atom is 0.227 e. The van der Waals surface area contributed by atoms with Crippen LogP contribution in [0.15, 0.2) is 24.3 Å².